The molecule has 3 amide bonds. The summed E-state index contributed by atoms with van der Waals surface area (Å²) in [5.74, 6) is -0.762. The highest BCUT2D eigenvalue weighted by Gasteiger charge is 2.48. The molecule has 2 aliphatic heterocycles. The minimum atomic E-state index is -0.957. The fourth-order valence-corrected chi connectivity index (χ4v) is 5.87. The fourth-order valence-electron chi connectivity index (χ4n) is 5.87. The molecular formula is C31H32N2O3. The predicted molar refractivity (Wildman–Crippen MR) is 141 cm³/mol. The van der Waals surface area contributed by atoms with E-state index in [0.717, 1.165) is 28.8 Å². The van der Waals surface area contributed by atoms with Crippen molar-refractivity contribution in [2.24, 2.45) is 0 Å². The third-order valence-corrected chi connectivity index (χ3v) is 7.74. The minimum Gasteiger partial charge on any atom is -0.305 e. The molecule has 3 aromatic rings. The fraction of sp³-hybridized carbons (Fsp3) is 0.323. The summed E-state index contributed by atoms with van der Waals surface area (Å²) < 4.78 is 0. The van der Waals surface area contributed by atoms with Crippen LogP contribution in [0.3, 0.4) is 0 Å². The molecule has 0 N–H and O–H groups in total. The quantitative estimate of drug-likeness (QED) is 0.442. The van der Waals surface area contributed by atoms with Gasteiger partial charge in [-0.3, -0.25) is 19.3 Å². The Morgan fingerprint density at radius 2 is 1.47 bits per heavy atom. The van der Waals surface area contributed by atoms with E-state index in [2.05, 4.69) is 46.8 Å². The molecule has 0 saturated carbocycles. The van der Waals surface area contributed by atoms with Crippen LogP contribution in [0.1, 0.15) is 76.1 Å². The van der Waals surface area contributed by atoms with Gasteiger partial charge in [-0.1, -0.05) is 55.5 Å². The monoisotopic (exact) mass is 480 g/mol. The largest absolute Gasteiger partial charge is 0.305 e. The Bertz CT molecular complexity index is 1340. The van der Waals surface area contributed by atoms with Gasteiger partial charge < -0.3 is 4.90 Å². The lowest BCUT2D eigenvalue weighted by molar-refractivity contribution is -0.123. The molecule has 0 spiro atoms. The van der Waals surface area contributed by atoms with Crippen molar-refractivity contribution >= 4 is 23.4 Å². The summed E-state index contributed by atoms with van der Waals surface area (Å²) in [6.45, 7) is 10.5. The lowest BCUT2D eigenvalue weighted by atomic mass is 9.78. The van der Waals surface area contributed by atoms with E-state index in [1.54, 1.807) is 24.3 Å². The van der Waals surface area contributed by atoms with Crippen LogP contribution in [0.4, 0.5) is 5.69 Å². The topological polar surface area (TPSA) is 57.7 Å². The van der Waals surface area contributed by atoms with Crippen LogP contribution in [-0.2, 0) is 11.2 Å². The van der Waals surface area contributed by atoms with Gasteiger partial charge in [0.25, 0.3) is 17.7 Å². The molecule has 0 fully saturated rings. The van der Waals surface area contributed by atoms with Gasteiger partial charge in [0.1, 0.15) is 6.04 Å². The zero-order valence-corrected chi connectivity index (χ0v) is 21.5. The van der Waals surface area contributed by atoms with Gasteiger partial charge in [0, 0.05) is 17.6 Å². The predicted octanol–water partition coefficient (Wildman–Crippen LogP) is 5.83. The molecule has 36 heavy (non-hydrogen) atoms. The number of imide groups is 1. The summed E-state index contributed by atoms with van der Waals surface area (Å²) in [5.41, 5.74) is 5.42. The van der Waals surface area contributed by atoms with Crippen LogP contribution >= 0.6 is 0 Å². The lowest BCUT2D eigenvalue weighted by Gasteiger charge is -2.48. The van der Waals surface area contributed by atoms with E-state index in [0.29, 0.717) is 11.1 Å². The van der Waals surface area contributed by atoms with Gasteiger partial charge in [-0.15, -0.1) is 0 Å². The molecule has 5 rings (SSSR count). The SMILES string of the molecule is Cc1cc2c(cc1C)N(C(=O)[C@H](Cc1ccccc1)N1C(=O)c3ccccc3C1=O)C(C)(C)C[C@H]2C. The summed E-state index contributed by atoms with van der Waals surface area (Å²) >= 11 is 0. The molecule has 2 atom stereocenters. The normalized spacial score (nSPS) is 19.2. The number of carbonyl (C=O) groups is 3. The van der Waals surface area contributed by atoms with Gasteiger partial charge in [0.2, 0.25) is 0 Å². The molecule has 0 aromatic heterocycles. The number of aryl methyl sites for hydroxylation is 2. The first-order chi connectivity index (χ1) is 17.1. The molecule has 3 aromatic carbocycles. The van der Waals surface area contributed by atoms with Crippen LogP contribution in [0.2, 0.25) is 0 Å². The van der Waals surface area contributed by atoms with Gasteiger partial charge >= 0.3 is 0 Å². The Morgan fingerprint density at radius 1 is 0.917 bits per heavy atom. The molecule has 5 heteroatoms. The second-order valence-corrected chi connectivity index (χ2v) is 10.8. The Balaban J connectivity index is 1.64. The molecule has 0 radical (unpaired) electrons. The number of anilines is 1. The van der Waals surface area contributed by atoms with Crippen molar-refractivity contribution in [3.63, 3.8) is 0 Å². The Hall–Kier alpha value is -3.73. The van der Waals surface area contributed by atoms with E-state index < -0.39 is 23.4 Å². The molecule has 2 aliphatic rings. The van der Waals surface area contributed by atoms with Crippen LogP contribution in [-0.4, -0.2) is 34.2 Å². The van der Waals surface area contributed by atoms with E-state index in [1.165, 1.54) is 10.5 Å². The third kappa shape index (κ3) is 3.83. The number of amides is 3. The number of rotatable bonds is 4. The van der Waals surface area contributed by atoms with E-state index in [1.807, 2.05) is 35.2 Å². The first-order valence-electron chi connectivity index (χ1n) is 12.6. The molecule has 0 bridgehead atoms. The average Bonchev–Trinajstić information content (AvgIpc) is 3.09. The molecule has 0 saturated heterocycles. The maximum atomic E-state index is 14.6. The van der Waals surface area contributed by atoms with Gasteiger partial charge in [-0.2, -0.15) is 0 Å². The summed E-state index contributed by atoms with van der Waals surface area (Å²) in [6, 6.07) is 19.7. The standard InChI is InChI=1S/C31H32N2O3/c1-19-15-25-21(3)18-31(4,5)33(26(25)16-20(19)2)30(36)27(17-22-11-7-6-8-12-22)32-28(34)23-13-9-10-14-24(23)29(32)35/h6-16,21,27H,17-18H2,1-5H3/t21-,27+/m1/s1. The van der Waals surface area contributed by atoms with Crippen molar-refractivity contribution in [3.8, 4) is 0 Å². The van der Waals surface area contributed by atoms with Crippen molar-refractivity contribution in [1.82, 2.24) is 4.90 Å². The zero-order chi connectivity index (χ0) is 25.8. The Labute approximate surface area is 212 Å². The Morgan fingerprint density at radius 3 is 2.08 bits per heavy atom. The smallest absolute Gasteiger partial charge is 0.262 e. The van der Waals surface area contributed by atoms with Crippen molar-refractivity contribution in [2.45, 2.75) is 65.0 Å². The summed E-state index contributed by atoms with van der Waals surface area (Å²) in [7, 11) is 0. The van der Waals surface area contributed by atoms with Gasteiger partial charge in [0.15, 0.2) is 0 Å². The van der Waals surface area contributed by atoms with Crippen LogP contribution in [0.25, 0.3) is 0 Å². The average molecular weight is 481 g/mol. The van der Waals surface area contributed by atoms with Crippen LogP contribution in [0.5, 0.6) is 0 Å². The van der Waals surface area contributed by atoms with Gasteiger partial charge in [0.05, 0.1) is 11.1 Å². The molecule has 0 aliphatic carbocycles. The van der Waals surface area contributed by atoms with Crippen LogP contribution in [0.15, 0.2) is 66.7 Å². The maximum Gasteiger partial charge on any atom is 0.262 e. The number of hydrogen-bond donors (Lipinski definition) is 0. The van der Waals surface area contributed by atoms with Crippen molar-refractivity contribution in [2.75, 3.05) is 4.90 Å². The molecule has 2 heterocycles. The van der Waals surface area contributed by atoms with E-state index >= 15 is 0 Å². The molecule has 5 nitrogen and oxygen atoms in total. The molecule has 184 valence electrons. The van der Waals surface area contributed by atoms with Crippen LogP contribution in [0, 0.1) is 13.8 Å². The van der Waals surface area contributed by atoms with Gasteiger partial charge in [-0.05, 0) is 80.5 Å². The number of benzene rings is 3. The number of carbonyl (C=O) groups excluding carboxylic acids is 3. The summed E-state index contributed by atoms with van der Waals surface area (Å²) in [6.07, 6.45) is 1.04. The van der Waals surface area contributed by atoms with Crippen molar-refractivity contribution in [1.29, 1.82) is 0 Å². The van der Waals surface area contributed by atoms with E-state index in [9.17, 15) is 14.4 Å². The van der Waals surface area contributed by atoms with Crippen LogP contribution < -0.4 is 4.90 Å². The number of nitrogens with zero attached hydrogens (tertiary/aromatic N) is 2. The van der Waals surface area contributed by atoms with E-state index in [4.69, 9.17) is 0 Å². The summed E-state index contributed by atoms with van der Waals surface area (Å²) in [4.78, 5) is 44.7. The highest BCUT2D eigenvalue weighted by molar-refractivity contribution is 6.23. The number of hydrogen-bond acceptors (Lipinski definition) is 3. The first kappa shape index (κ1) is 24.0. The lowest BCUT2D eigenvalue weighted by Crippen LogP contribution is -2.59. The third-order valence-electron chi connectivity index (χ3n) is 7.74. The highest BCUT2D eigenvalue weighted by Crippen LogP contribution is 2.45. The van der Waals surface area contributed by atoms with Gasteiger partial charge in [-0.25, -0.2) is 0 Å². The molecule has 0 unspecified atom stereocenters. The van der Waals surface area contributed by atoms with Crippen molar-refractivity contribution < 1.29 is 14.4 Å². The maximum absolute atomic E-state index is 14.6. The number of fused-ring (bicyclic) bond motifs is 2. The second kappa shape index (κ2) is 8.74. The first-order valence-corrected chi connectivity index (χ1v) is 12.6. The van der Waals surface area contributed by atoms with Crippen molar-refractivity contribution in [3.05, 3.63) is 100 Å². The minimum absolute atomic E-state index is 0.227. The zero-order valence-electron chi connectivity index (χ0n) is 21.5. The second-order valence-electron chi connectivity index (χ2n) is 10.8. The van der Waals surface area contributed by atoms with E-state index in [-0.39, 0.29) is 18.2 Å². The Kier molecular flexibility index (Phi) is 5.82. The molecular weight excluding hydrogens is 448 g/mol. The summed E-state index contributed by atoms with van der Waals surface area (Å²) in [5, 5.41) is 0. The highest BCUT2D eigenvalue weighted by atomic mass is 16.2.